The van der Waals surface area contributed by atoms with Crippen LogP contribution >= 0.6 is 0 Å². The van der Waals surface area contributed by atoms with Crippen LogP contribution in [0, 0.1) is 11.3 Å². The smallest absolute Gasteiger partial charge is 0.00672 e. The van der Waals surface area contributed by atoms with Crippen molar-refractivity contribution in [3.05, 3.63) is 0 Å². The lowest BCUT2D eigenvalue weighted by Crippen LogP contribution is -2.43. The topological polar surface area (TPSA) is 29.3 Å². The van der Waals surface area contributed by atoms with Crippen LogP contribution in [0.1, 0.15) is 60.8 Å². The zero-order chi connectivity index (χ0) is 13.5. The molecule has 2 heteroatoms. The molecule has 0 aliphatic rings. The summed E-state index contributed by atoms with van der Waals surface area (Å²) < 4.78 is 0. The van der Waals surface area contributed by atoms with E-state index in [1.807, 2.05) is 0 Å². The van der Waals surface area contributed by atoms with Gasteiger partial charge in [0.25, 0.3) is 0 Å². The van der Waals surface area contributed by atoms with E-state index in [9.17, 15) is 0 Å². The predicted octanol–water partition coefficient (Wildman–Crippen LogP) is 3.51. The van der Waals surface area contributed by atoms with Crippen molar-refractivity contribution in [2.45, 2.75) is 66.8 Å². The molecule has 0 rings (SSSR count). The molecule has 0 saturated heterocycles. The number of rotatable bonds is 9. The molecule has 0 bridgehead atoms. The van der Waals surface area contributed by atoms with Gasteiger partial charge in [-0.15, -0.1) is 0 Å². The van der Waals surface area contributed by atoms with Gasteiger partial charge in [0, 0.05) is 12.6 Å². The Morgan fingerprint density at radius 2 is 1.71 bits per heavy atom. The summed E-state index contributed by atoms with van der Waals surface area (Å²) in [4.78, 5) is 2.62. The Kier molecular flexibility index (Phi) is 8.06. The Morgan fingerprint density at radius 1 is 1.12 bits per heavy atom. The second kappa shape index (κ2) is 8.10. The van der Waals surface area contributed by atoms with Crippen molar-refractivity contribution in [3.63, 3.8) is 0 Å². The molecule has 0 fully saturated rings. The summed E-state index contributed by atoms with van der Waals surface area (Å²) in [6.07, 6.45) is 3.86. The highest BCUT2D eigenvalue weighted by atomic mass is 15.2. The van der Waals surface area contributed by atoms with Crippen molar-refractivity contribution in [3.8, 4) is 0 Å². The first kappa shape index (κ1) is 16.9. The molecule has 2 N–H and O–H groups in total. The van der Waals surface area contributed by atoms with Crippen LogP contribution in [0.15, 0.2) is 0 Å². The van der Waals surface area contributed by atoms with E-state index in [2.05, 4.69) is 46.4 Å². The van der Waals surface area contributed by atoms with Gasteiger partial charge in [-0.2, -0.15) is 0 Å². The van der Waals surface area contributed by atoms with Gasteiger partial charge in [-0.05, 0) is 50.6 Å². The fourth-order valence-electron chi connectivity index (χ4n) is 2.11. The Hall–Kier alpha value is -0.0800. The molecular weight excluding hydrogens is 208 g/mol. The maximum atomic E-state index is 5.85. The van der Waals surface area contributed by atoms with Gasteiger partial charge in [0.1, 0.15) is 0 Å². The molecule has 0 radical (unpaired) electrons. The molecule has 0 amide bonds. The fourth-order valence-corrected chi connectivity index (χ4v) is 2.11. The van der Waals surface area contributed by atoms with Gasteiger partial charge in [-0.1, -0.05) is 34.6 Å². The second-order valence-electron chi connectivity index (χ2n) is 6.66. The zero-order valence-electron chi connectivity index (χ0n) is 12.9. The van der Waals surface area contributed by atoms with Crippen LogP contribution in [0.3, 0.4) is 0 Å². The highest BCUT2D eigenvalue weighted by molar-refractivity contribution is 4.78. The number of hydrogen-bond donors (Lipinski definition) is 1. The minimum absolute atomic E-state index is 0.237. The molecule has 2 nitrogen and oxygen atoms in total. The van der Waals surface area contributed by atoms with Gasteiger partial charge in [-0.3, -0.25) is 0 Å². The van der Waals surface area contributed by atoms with E-state index in [0.717, 1.165) is 19.0 Å². The van der Waals surface area contributed by atoms with E-state index in [1.165, 1.54) is 25.8 Å². The van der Waals surface area contributed by atoms with Crippen LogP contribution in [-0.4, -0.2) is 30.6 Å². The third kappa shape index (κ3) is 7.77. The van der Waals surface area contributed by atoms with Gasteiger partial charge < -0.3 is 10.6 Å². The van der Waals surface area contributed by atoms with Crippen LogP contribution in [0.25, 0.3) is 0 Å². The Morgan fingerprint density at radius 3 is 2.12 bits per heavy atom. The van der Waals surface area contributed by atoms with Gasteiger partial charge in [0.05, 0.1) is 0 Å². The van der Waals surface area contributed by atoms with E-state index < -0.39 is 0 Å². The summed E-state index contributed by atoms with van der Waals surface area (Å²) >= 11 is 0. The van der Waals surface area contributed by atoms with E-state index in [0.29, 0.717) is 6.04 Å². The lowest BCUT2D eigenvalue weighted by atomic mass is 9.91. The average molecular weight is 242 g/mol. The van der Waals surface area contributed by atoms with Gasteiger partial charge in [-0.25, -0.2) is 0 Å². The molecule has 0 aromatic heterocycles. The SMILES string of the molecule is CCCN(CC(C)(C)CN)C(C)CCC(C)C. The summed E-state index contributed by atoms with van der Waals surface area (Å²) in [6.45, 7) is 16.9. The van der Waals surface area contributed by atoms with Gasteiger partial charge >= 0.3 is 0 Å². The van der Waals surface area contributed by atoms with Crippen molar-refractivity contribution in [1.29, 1.82) is 0 Å². The second-order valence-corrected chi connectivity index (χ2v) is 6.66. The highest BCUT2D eigenvalue weighted by Gasteiger charge is 2.22. The number of nitrogens with two attached hydrogens (primary N) is 1. The first-order valence-electron chi connectivity index (χ1n) is 7.26. The number of hydrogen-bond acceptors (Lipinski definition) is 2. The maximum Gasteiger partial charge on any atom is 0.00672 e. The van der Waals surface area contributed by atoms with Crippen LogP contribution < -0.4 is 5.73 Å². The Labute approximate surface area is 109 Å². The average Bonchev–Trinajstić information content (AvgIpc) is 2.25. The van der Waals surface area contributed by atoms with Crippen LogP contribution in [0.5, 0.6) is 0 Å². The molecular formula is C15H34N2. The standard InChI is InChI=1S/C15H34N2/c1-7-10-17(12-15(5,6)11-16)14(4)9-8-13(2)3/h13-14H,7-12,16H2,1-6H3. The molecule has 1 unspecified atom stereocenters. The summed E-state index contributed by atoms with van der Waals surface area (Å²) in [5, 5.41) is 0. The fraction of sp³-hybridized carbons (Fsp3) is 1.00. The maximum absolute atomic E-state index is 5.85. The number of nitrogens with zero attached hydrogens (tertiary/aromatic N) is 1. The Balaban J connectivity index is 4.29. The minimum Gasteiger partial charge on any atom is -0.330 e. The van der Waals surface area contributed by atoms with Crippen LogP contribution in [0.2, 0.25) is 0 Å². The predicted molar refractivity (Wildman–Crippen MR) is 78.2 cm³/mol. The van der Waals surface area contributed by atoms with Crippen molar-refractivity contribution in [2.75, 3.05) is 19.6 Å². The summed E-state index contributed by atoms with van der Waals surface area (Å²) in [5.41, 5.74) is 6.08. The van der Waals surface area contributed by atoms with Gasteiger partial charge in [0.2, 0.25) is 0 Å². The molecule has 0 aromatic carbocycles. The van der Waals surface area contributed by atoms with E-state index in [1.54, 1.807) is 0 Å². The quantitative estimate of drug-likeness (QED) is 0.670. The van der Waals surface area contributed by atoms with Crippen LogP contribution in [0.4, 0.5) is 0 Å². The Bertz CT molecular complexity index is 187. The third-order valence-corrected chi connectivity index (χ3v) is 3.48. The normalized spacial score (nSPS) is 14.6. The molecule has 0 aliphatic heterocycles. The lowest BCUT2D eigenvalue weighted by Gasteiger charge is -2.36. The van der Waals surface area contributed by atoms with E-state index in [-0.39, 0.29) is 5.41 Å². The van der Waals surface area contributed by atoms with E-state index >= 15 is 0 Å². The summed E-state index contributed by atoms with van der Waals surface area (Å²) in [5.74, 6) is 0.809. The zero-order valence-corrected chi connectivity index (χ0v) is 12.9. The van der Waals surface area contributed by atoms with Crippen molar-refractivity contribution in [2.24, 2.45) is 17.1 Å². The monoisotopic (exact) mass is 242 g/mol. The highest BCUT2D eigenvalue weighted by Crippen LogP contribution is 2.19. The molecule has 17 heavy (non-hydrogen) atoms. The first-order valence-corrected chi connectivity index (χ1v) is 7.26. The van der Waals surface area contributed by atoms with Gasteiger partial charge in [0.15, 0.2) is 0 Å². The molecule has 0 aromatic rings. The summed E-state index contributed by atoms with van der Waals surface area (Å²) in [6, 6.07) is 0.683. The molecule has 0 saturated carbocycles. The third-order valence-electron chi connectivity index (χ3n) is 3.48. The molecule has 104 valence electrons. The van der Waals surface area contributed by atoms with E-state index in [4.69, 9.17) is 5.73 Å². The van der Waals surface area contributed by atoms with Crippen molar-refractivity contribution >= 4 is 0 Å². The largest absolute Gasteiger partial charge is 0.330 e. The lowest BCUT2D eigenvalue weighted by molar-refractivity contribution is 0.131. The van der Waals surface area contributed by atoms with Crippen molar-refractivity contribution < 1.29 is 0 Å². The molecule has 1 atom stereocenters. The molecule has 0 spiro atoms. The van der Waals surface area contributed by atoms with Crippen molar-refractivity contribution in [1.82, 2.24) is 4.90 Å². The summed E-state index contributed by atoms with van der Waals surface area (Å²) in [7, 11) is 0. The van der Waals surface area contributed by atoms with Crippen LogP contribution in [-0.2, 0) is 0 Å². The first-order chi connectivity index (χ1) is 7.82. The minimum atomic E-state index is 0.237. The molecule has 0 heterocycles. The molecule has 0 aliphatic carbocycles.